The van der Waals surface area contributed by atoms with Crippen LogP contribution < -0.4 is 9.47 Å². The molecule has 0 saturated heterocycles. The zero-order valence-electron chi connectivity index (χ0n) is 16.7. The third kappa shape index (κ3) is 4.93. The zero-order chi connectivity index (χ0) is 20.9. The van der Waals surface area contributed by atoms with E-state index >= 15 is 0 Å². The molecule has 0 unspecified atom stereocenters. The number of nitrogens with zero attached hydrogens (tertiary/aromatic N) is 2. The second-order valence-electron chi connectivity index (χ2n) is 6.64. The van der Waals surface area contributed by atoms with E-state index in [0.717, 1.165) is 16.7 Å². The van der Waals surface area contributed by atoms with Crippen LogP contribution in [-0.4, -0.2) is 31.9 Å². The number of hydrogen-bond donors (Lipinski definition) is 0. The molecule has 152 valence electrons. The van der Waals surface area contributed by atoms with E-state index < -0.39 is 10.0 Å². The van der Waals surface area contributed by atoms with Crippen molar-refractivity contribution in [3.05, 3.63) is 83.7 Å². The normalized spacial score (nSPS) is 11.4. The topological polar surface area (TPSA) is 68.7 Å². The molecule has 3 rings (SSSR count). The molecule has 7 heteroatoms. The lowest BCUT2D eigenvalue weighted by molar-refractivity contribution is 0.352. The van der Waals surface area contributed by atoms with Gasteiger partial charge in [0.05, 0.1) is 19.1 Å². The Bertz CT molecular complexity index is 1050. The van der Waals surface area contributed by atoms with Gasteiger partial charge < -0.3 is 9.47 Å². The van der Waals surface area contributed by atoms with Gasteiger partial charge in [0.2, 0.25) is 10.0 Å². The summed E-state index contributed by atoms with van der Waals surface area (Å²) in [6.07, 6.45) is 3.34. The Hall–Kier alpha value is -2.90. The maximum Gasteiger partial charge on any atom is 0.243 e. The zero-order valence-corrected chi connectivity index (χ0v) is 17.5. The summed E-state index contributed by atoms with van der Waals surface area (Å²) in [5, 5.41) is 0. The van der Waals surface area contributed by atoms with Crippen molar-refractivity contribution in [3.63, 3.8) is 0 Å². The van der Waals surface area contributed by atoms with Crippen LogP contribution in [0.4, 0.5) is 0 Å². The highest BCUT2D eigenvalue weighted by molar-refractivity contribution is 7.89. The van der Waals surface area contributed by atoms with E-state index in [2.05, 4.69) is 4.98 Å². The minimum Gasteiger partial charge on any atom is -0.493 e. The summed E-state index contributed by atoms with van der Waals surface area (Å²) >= 11 is 0. The summed E-state index contributed by atoms with van der Waals surface area (Å²) in [6, 6.07) is 15.9. The van der Waals surface area contributed by atoms with Gasteiger partial charge in [0.15, 0.2) is 11.5 Å². The van der Waals surface area contributed by atoms with E-state index in [1.165, 1.54) is 4.31 Å². The van der Waals surface area contributed by atoms with Gasteiger partial charge in [0.1, 0.15) is 0 Å². The molecule has 0 bridgehead atoms. The van der Waals surface area contributed by atoms with Crippen LogP contribution in [0.25, 0.3) is 0 Å². The lowest BCUT2D eigenvalue weighted by Gasteiger charge is -2.23. The number of ether oxygens (including phenoxy) is 2. The molecule has 3 aromatic rings. The highest BCUT2D eigenvalue weighted by atomic mass is 32.2. The van der Waals surface area contributed by atoms with Crippen LogP contribution >= 0.6 is 0 Å². The van der Waals surface area contributed by atoms with Gasteiger partial charge in [0, 0.05) is 25.5 Å². The van der Waals surface area contributed by atoms with Crippen LogP contribution in [0.3, 0.4) is 0 Å². The van der Waals surface area contributed by atoms with Gasteiger partial charge in [-0.2, -0.15) is 4.31 Å². The van der Waals surface area contributed by atoms with E-state index in [1.54, 1.807) is 69.1 Å². The Morgan fingerprint density at radius 1 is 0.897 bits per heavy atom. The van der Waals surface area contributed by atoms with Gasteiger partial charge in [-0.3, -0.25) is 4.98 Å². The van der Waals surface area contributed by atoms with Crippen molar-refractivity contribution in [2.45, 2.75) is 24.9 Å². The van der Waals surface area contributed by atoms with Crippen LogP contribution in [-0.2, 0) is 23.1 Å². The minimum absolute atomic E-state index is 0.186. The summed E-state index contributed by atoms with van der Waals surface area (Å²) in [6.45, 7) is 2.32. The van der Waals surface area contributed by atoms with Crippen LogP contribution in [0.2, 0.25) is 0 Å². The SMILES string of the molecule is COc1ccc(CN(Cc2cccnc2)S(=O)(=O)c2ccc(C)cc2)cc1OC. The van der Waals surface area contributed by atoms with Crippen molar-refractivity contribution in [1.29, 1.82) is 0 Å². The summed E-state index contributed by atoms with van der Waals surface area (Å²) in [7, 11) is -0.599. The summed E-state index contributed by atoms with van der Waals surface area (Å²) < 4.78 is 38.8. The van der Waals surface area contributed by atoms with E-state index in [4.69, 9.17) is 9.47 Å². The average molecular weight is 413 g/mol. The highest BCUT2D eigenvalue weighted by Gasteiger charge is 2.25. The number of methoxy groups -OCH3 is 2. The van der Waals surface area contributed by atoms with E-state index in [0.29, 0.717) is 11.5 Å². The number of pyridine rings is 1. The van der Waals surface area contributed by atoms with Crippen LogP contribution in [0.1, 0.15) is 16.7 Å². The molecule has 0 aliphatic heterocycles. The minimum atomic E-state index is -3.72. The standard InChI is InChI=1S/C22H24N2O4S/c1-17-6-9-20(10-7-17)29(25,26)24(16-19-5-4-12-23-14-19)15-18-8-11-21(27-2)22(13-18)28-3/h4-14H,15-16H2,1-3H3. The van der Waals surface area contributed by atoms with Crippen LogP contribution in [0, 0.1) is 6.92 Å². The van der Waals surface area contributed by atoms with E-state index in [9.17, 15) is 8.42 Å². The molecule has 0 aliphatic carbocycles. The molecule has 0 radical (unpaired) electrons. The lowest BCUT2D eigenvalue weighted by atomic mass is 10.2. The first kappa shape index (κ1) is 20.8. The van der Waals surface area contributed by atoms with Gasteiger partial charge in [0.25, 0.3) is 0 Å². The van der Waals surface area contributed by atoms with E-state index in [-0.39, 0.29) is 18.0 Å². The van der Waals surface area contributed by atoms with Gasteiger partial charge in [-0.15, -0.1) is 0 Å². The Balaban J connectivity index is 1.98. The molecular formula is C22H24N2O4S. The van der Waals surface area contributed by atoms with Gasteiger partial charge in [-0.1, -0.05) is 29.8 Å². The Kier molecular flexibility index (Phi) is 6.51. The van der Waals surface area contributed by atoms with Crippen molar-refractivity contribution in [2.75, 3.05) is 14.2 Å². The molecule has 0 atom stereocenters. The molecule has 1 heterocycles. The predicted octanol–water partition coefficient (Wildman–Crippen LogP) is 3.80. The maximum atomic E-state index is 13.4. The Morgan fingerprint density at radius 2 is 1.59 bits per heavy atom. The first-order valence-corrected chi connectivity index (χ1v) is 10.5. The molecule has 0 aliphatic rings. The average Bonchev–Trinajstić information content (AvgIpc) is 2.74. The molecule has 0 fully saturated rings. The van der Waals surface area contributed by atoms with Crippen LogP contribution in [0.5, 0.6) is 11.5 Å². The van der Waals surface area contributed by atoms with Crippen molar-refractivity contribution in [3.8, 4) is 11.5 Å². The van der Waals surface area contributed by atoms with Crippen molar-refractivity contribution in [2.24, 2.45) is 0 Å². The number of sulfonamides is 1. The molecule has 0 spiro atoms. The predicted molar refractivity (Wildman–Crippen MR) is 111 cm³/mol. The van der Waals surface area contributed by atoms with Gasteiger partial charge in [-0.05, 0) is 48.4 Å². The number of rotatable bonds is 8. The summed E-state index contributed by atoms with van der Waals surface area (Å²) in [5.74, 6) is 1.15. The third-order valence-corrected chi connectivity index (χ3v) is 6.35. The number of aromatic nitrogens is 1. The number of hydrogen-bond acceptors (Lipinski definition) is 5. The molecule has 29 heavy (non-hydrogen) atoms. The molecule has 1 aromatic heterocycles. The number of aryl methyl sites for hydroxylation is 1. The fourth-order valence-corrected chi connectivity index (χ4v) is 4.38. The van der Waals surface area contributed by atoms with Crippen molar-refractivity contribution in [1.82, 2.24) is 9.29 Å². The molecule has 6 nitrogen and oxygen atoms in total. The Morgan fingerprint density at radius 3 is 2.21 bits per heavy atom. The largest absolute Gasteiger partial charge is 0.493 e. The fourth-order valence-electron chi connectivity index (χ4n) is 2.96. The lowest BCUT2D eigenvalue weighted by Crippen LogP contribution is -2.30. The first-order valence-electron chi connectivity index (χ1n) is 9.10. The molecular weight excluding hydrogens is 388 g/mol. The van der Waals surface area contributed by atoms with E-state index in [1.807, 2.05) is 19.1 Å². The molecule has 0 amide bonds. The summed E-state index contributed by atoms with van der Waals surface area (Å²) in [4.78, 5) is 4.36. The fraction of sp³-hybridized carbons (Fsp3) is 0.227. The van der Waals surface area contributed by atoms with Gasteiger partial charge >= 0.3 is 0 Å². The Labute approximate surface area is 171 Å². The maximum absolute atomic E-state index is 13.4. The van der Waals surface area contributed by atoms with Crippen molar-refractivity contribution < 1.29 is 17.9 Å². The highest BCUT2D eigenvalue weighted by Crippen LogP contribution is 2.29. The second kappa shape index (κ2) is 9.07. The number of benzene rings is 2. The van der Waals surface area contributed by atoms with Crippen LogP contribution in [0.15, 0.2) is 71.9 Å². The summed E-state index contributed by atoms with van der Waals surface area (Å²) in [5.41, 5.74) is 2.61. The third-order valence-electron chi connectivity index (χ3n) is 4.55. The smallest absolute Gasteiger partial charge is 0.243 e. The van der Waals surface area contributed by atoms with Gasteiger partial charge in [-0.25, -0.2) is 8.42 Å². The van der Waals surface area contributed by atoms with Crippen molar-refractivity contribution >= 4 is 10.0 Å². The molecule has 0 saturated carbocycles. The quantitative estimate of drug-likeness (QED) is 0.563. The molecule has 0 N–H and O–H groups in total. The molecule has 2 aromatic carbocycles. The second-order valence-corrected chi connectivity index (χ2v) is 8.57. The first-order chi connectivity index (χ1) is 13.9. The monoisotopic (exact) mass is 412 g/mol.